The highest BCUT2D eigenvalue weighted by molar-refractivity contribution is 6.30. The molecule has 258 valence electrons. The zero-order valence-electron chi connectivity index (χ0n) is 28.3. The van der Waals surface area contributed by atoms with Crippen LogP contribution in [0.3, 0.4) is 0 Å². The molecule has 5 aromatic carbocycles. The van der Waals surface area contributed by atoms with Crippen molar-refractivity contribution >= 4 is 34.9 Å². The number of amides is 1. The lowest BCUT2D eigenvalue weighted by molar-refractivity contribution is -0.115. The van der Waals surface area contributed by atoms with E-state index in [1.165, 1.54) is 12.1 Å². The largest absolute Gasteiger partial charge is 0.456 e. The van der Waals surface area contributed by atoms with Crippen LogP contribution in [0.4, 0.5) is 18.9 Å². The molecule has 0 aliphatic rings. The van der Waals surface area contributed by atoms with E-state index in [4.69, 9.17) is 16.3 Å². The minimum Gasteiger partial charge on any atom is -0.456 e. The Morgan fingerprint density at radius 3 is 1.72 bits per heavy atom. The van der Waals surface area contributed by atoms with Crippen molar-refractivity contribution in [2.24, 2.45) is 0 Å². The molecule has 0 aromatic heterocycles. The summed E-state index contributed by atoms with van der Waals surface area (Å²) in [4.78, 5) is 35.4. The fourth-order valence-corrected chi connectivity index (χ4v) is 5.12. The number of alkyl halides is 3. The molecule has 5 aromatic rings. The van der Waals surface area contributed by atoms with E-state index in [-0.39, 0.29) is 18.3 Å². The number of halogens is 4. The maximum absolute atomic E-state index is 12.6. The Labute approximate surface area is 295 Å². The monoisotopic (exact) mass is 699 g/mol. The molecule has 0 atom stereocenters. The van der Waals surface area contributed by atoms with Crippen LogP contribution in [0.2, 0.25) is 5.02 Å². The van der Waals surface area contributed by atoms with Gasteiger partial charge in [0, 0.05) is 16.3 Å². The average molecular weight is 700 g/mol. The molecule has 0 fully saturated rings. The lowest BCUT2D eigenvalue weighted by Crippen LogP contribution is -2.23. The second-order valence-corrected chi connectivity index (χ2v) is 13.2. The Morgan fingerprint density at radius 1 is 0.680 bits per heavy atom. The van der Waals surface area contributed by atoms with Crippen molar-refractivity contribution in [1.82, 2.24) is 0 Å². The number of carbonyl (C=O) groups excluding carboxylic acids is 3. The molecule has 0 spiro atoms. The maximum Gasteiger partial charge on any atom is 0.454 e. The average Bonchev–Trinajstić information content (AvgIpc) is 3.05. The first-order chi connectivity index (χ1) is 23.5. The van der Waals surface area contributed by atoms with Gasteiger partial charge in [0.05, 0.1) is 12.0 Å². The summed E-state index contributed by atoms with van der Waals surface area (Å²) >= 11 is 6.03. The molecule has 0 saturated carbocycles. The van der Waals surface area contributed by atoms with Gasteiger partial charge in [-0.3, -0.25) is 9.59 Å². The minimum absolute atomic E-state index is 0.164. The number of ketones is 1. The Balaban J connectivity index is 0.000000337. The summed E-state index contributed by atoms with van der Waals surface area (Å²) in [5.74, 6) is -2.31. The summed E-state index contributed by atoms with van der Waals surface area (Å²) in [6, 6.07) is 33.0. The predicted octanol–water partition coefficient (Wildman–Crippen LogP) is 10.9. The number of rotatable bonds is 7. The van der Waals surface area contributed by atoms with Gasteiger partial charge in [-0.25, -0.2) is 4.79 Å². The Kier molecular flexibility index (Phi) is 12.0. The van der Waals surface area contributed by atoms with E-state index in [9.17, 15) is 27.6 Å². The third-order valence-electron chi connectivity index (χ3n) is 7.41. The molecule has 0 saturated heterocycles. The van der Waals surface area contributed by atoms with Gasteiger partial charge in [0.2, 0.25) is 5.91 Å². The molecule has 5 nitrogen and oxygen atoms in total. The second-order valence-electron chi connectivity index (χ2n) is 12.7. The van der Waals surface area contributed by atoms with E-state index in [1.54, 1.807) is 36.4 Å². The highest BCUT2D eigenvalue weighted by Crippen LogP contribution is 2.28. The first-order valence-electron chi connectivity index (χ1n) is 15.8. The van der Waals surface area contributed by atoms with Gasteiger partial charge in [-0.05, 0) is 104 Å². The molecule has 0 aliphatic heterocycles. The van der Waals surface area contributed by atoms with Crippen LogP contribution in [-0.2, 0) is 16.0 Å². The second kappa shape index (κ2) is 16.0. The number of hydrogen-bond donors (Lipinski definition) is 1. The van der Waals surface area contributed by atoms with E-state index in [2.05, 4.69) is 5.32 Å². The van der Waals surface area contributed by atoms with Crippen LogP contribution in [-0.4, -0.2) is 29.4 Å². The number of Topliss-reactive ketones (excluding diaryl/α,β-unsaturated/α-hetero) is 1. The van der Waals surface area contributed by atoms with Crippen LogP contribution in [0.15, 0.2) is 115 Å². The summed E-state index contributed by atoms with van der Waals surface area (Å²) in [7, 11) is 0. The number of carbonyl (C=O) groups is 3. The first-order valence-corrected chi connectivity index (χ1v) is 16.1. The first kappa shape index (κ1) is 37.6. The molecular weight excluding hydrogens is 663 g/mol. The Bertz CT molecular complexity index is 1950. The zero-order chi connectivity index (χ0) is 36.6. The molecule has 1 N–H and O–H groups in total. The minimum atomic E-state index is -4.90. The van der Waals surface area contributed by atoms with Gasteiger partial charge in [0.1, 0.15) is 5.60 Å². The van der Waals surface area contributed by atoms with E-state index in [1.807, 2.05) is 89.2 Å². The number of anilines is 1. The number of esters is 1. The third-order valence-corrected chi connectivity index (χ3v) is 7.65. The van der Waals surface area contributed by atoms with Crippen LogP contribution in [0.1, 0.15) is 58.2 Å². The van der Waals surface area contributed by atoms with Crippen molar-refractivity contribution in [3.8, 4) is 22.3 Å². The van der Waals surface area contributed by atoms with Crippen LogP contribution in [0.25, 0.3) is 22.3 Å². The SMILES string of the molecule is Cc1cc(Cl)ccc1-c1ccc(NC(=O)Cc2ccc(-c3ccc(C(=O)C(F)(F)F)cc3)cc2)cc1.Cc1ccc(C(=O)OC(C)(C)C)cc1. The molecule has 0 heterocycles. The summed E-state index contributed by atoms with van der Waals surface area (Å²) in [6.45, 7) is 9.56. The lowest BCUT2D eigenvalue weighted by atomic mass is 10.00. The van der Waals surface area contributed by atoms with Crippen molar-refractivity contribution in [2.75, 3.05) is 5.32 Å². The zero-order valence-corrected chi connectivity index (χ0v) is 29.1. The Hall–Kier alpha value is -5.21. The summed E-state index contributed by atoms with van der Waals surface area (Å²) in [5, 5.41) is 3.57. The fraction of sp³-hybridized carbons (Fsp3) is 0.195. The van der Waals surface area contributed by atoms with E-state index in [0.717, 1.165) is 45.5 Å². The molecule has 0 radical (unpaired) electrons. The molecule has 0 aliphatic carbocycles. The number of benzene rings is 5. The smallest absolute Gasteiger partial charge is 0.454 e. The highest BCUT2D eigenvalue weighted by atomic mass is 35.5. The third kappa shape index (κ3) is 10.9. The van der Waals surface area contributed by atoms with Crippen LogP contribution in [0.5, 0.6) is 0 Å². The molecule has 1 amide bonds. The Morgan fingerprint density at radius 2 is 1.20 bits per heavy atom. The van der Waals surface area contributed by atoms with Crippen molar-refractivity contribution in [3.63, 3.8) is 0 Å². The molecule has 5 rings (SSSR count). The van der Waals surface area contributed by atoms with E-state index < -0.39 is 23.1 Å². The number of aryl methyl sites for hydroxylation is 2. The van der Waals surface area contributed by atoms with Gasteiger partial charge in [-0.15, -0.1) is 0 Å². The number of hydrogen-bond acceptors (Lipinski definition) is 4. The van der Waals surface area contributed by atoms with E-state index in [0.29, 0.717) is 21.8 Å². The summed E-state index contributed by atoms with van der Waals surface area (Å²) in [5.41, 5.74) is 6.95. The topological polar surface area (TPSA) is 72.5 Å². The molecule has 0 unspecified atom stereocenters. The van der Waals surface area contributed by atoms with E-state index >= 15 is 0 Å². The number of nitrogens with one attached hydrogen (secondary N) is 1. The predicted molar refractivity (Wildman–Crippen MR) is 193 cm³/mol. The molecular formula is C41H37ClF3NO4. The standard InChI is InChI=1S/C29H21ClF3NO2.C12H16O2/c1-18-16-24(30)12-15-26(18)22-10-13-25(14-11-22)34-27(35)17-19-2-4-20(5-3-19)21-6-8-23(9-7-21)28(36)29(31,32)33;1-9-5-7-10(8-6-9)11(13)14-12(2,3)4/h2-16H,17H2,1H3,(H,34,35);5-8H,1-4H3. The van der Waals surface area contributed by atoms with Crippen molar-refractivity contribution in [2.45, 2.75) is 52.8 Å². The van der Waals surface area contributed by atoms with Crippen LogP contribution < -0.4 is 5.32 Å². The van der Waals surface area contributed by atoms with Gasteiger partial charge in [-0.2, -0.15) is 13.2 Å². The van der Waals surface area contributed by atoms with Crippen molar-refractivity contribution in [3.05, 3.63) is 148 Å². The van der Waals surface area contributed by atoms with Gasteiger partial charge >= 0.3 is 12.1 Å². The van der Waals surface area contributed by atoms with Gasteiger partial charge in [0.15, 0.2) is 0 Å². The molecule has 50 heavy (non-hydrogen) atoms. The summed E-state index contributed by atoms with van der Waals surface area (Å²) < 4.78 is 42.9. The quantitative estimate of drug-likeness (QED) is 0.136. The normalized spacial score (nSPS) is 11.2. The lowest BCUT2D eigenvalue weighted by Gasteiger charge is -2.19. The number of ether oxygens (including phenoxy) is 1. The van der Waals surface area contributed by atoms with Crippen LogP contribution >= 0.6 is 11.6 Å². The maximum atomic E-state index is 12.6. The molecule has 9 heteroatoms. The molecule has 0 bridgehead atoms. The highest BCUT2D eigenvalue weighted by Gasteiger charge is 2.39. The fourth-order valence-electron chi connectivity index (χ4n) is 4.89. The van der Waals surface area contributed by atoms with Gasteiger partial charge in [-0.1, -0.05) is 96.0 Å². The van der Waals surface area contributed by atoms with Crippen molar-refractivity contribution < 1.29 is 32.3 Å². The van der Waals surface area contributed by atoms with Gasteiger partial charge in [0.25, 0.3) is 5.78 Å². The van der Waals surface area contributed by atoms with Gasteiger partial charge < -0.3 is 10.1 Å². The van der Waals surface area contributed by atoms with Crippen molar-refractivity contribution in [1.29, 1.82) is 0 Å². The van der Waals surface area contributed by atoms with Crippen LogP contribution in [0, 0.1) is 13.8 Å². The summed E-state index contributed by atoms with van der Waals surface area (Å²) in [6.07, 6.45) is -4.74.